The third-order valence-corrected chi connectivity index (χ3v) is 2.33. The van der Waals surface area contributed by atoms with Crippen molar-refractivity contribution in [3.63, 3.8) is 0 Å². The van der Waals surface area contributed by atoms with Crippen molar-refractivity contribution in [2.75, 3.05) is 0 Å². The van der Waals surface area contributed by atoms with Crippen LogP contribution in [0.25, 0.3) is 0 Å². The molecule has 52 valence electrons. The fourth-order valence-electron chi connectivity index (χ4n) is 0.167. The highest BCUT2D eigenvalue weighted by atomic mass is 28.1. The Bertz CT molecular complexity index is 47.7. The van der Waals surface area contributed by atoms with Crippen LogP contribution in [-0.4, -0.2) is 10.2 Å². The van der Waals surface area contributed by atoms with E-state index in [4.69, 9.17) is 0 Å². The van der Waals surface area contributed by atoms with E-state index >= 15 is 0 Å². The van der Waals surface area contributed by atoms with Gasteiger partial charge in [0, 0.05) is 10.2 Å². The van der Waals surface area contributed by atoms with E-state index in [1.165, 1.54) is 16.7 Å². The summed E-state index contributed by atoms with van der Waals surface area (Å²) in [4.78, 5) is 0. The van der Waals surface area contributed by atoms with Crippen LogP contribution in [0.4, 0.5) is 0 Å². The number of hydrogen-bond acceptors (Lipinski definition) is 2. The molecule has 0 spiro atoms. The van der Waals surface area contributed by atoms with Gasteiger partial charge in [0.1, 0.15) is 0 Å². The first kappa shape index (κ1) is 15.7. The van der Waals surface area contributed by atoms with Crippen LogP contribution in [0.15, 0.2) is 12.7 Å². The zero-order valence-corrected chi connectivity index (χ0v) is 7.98. The zero-order valence-electron chi connectivity index (χ0n) is 5.98. The summed E-state index contributed by atoms with van der Waals surface area (Å²) in [5.41, 5.74) is 0.838. The highest BCUT2D eigenvalue weighted by Crippen LogP contribution is 2.01. The summed E-state index contributed by atoms with van der Waals surface area (Å²) in [6, 6.07) is 0. The fourth-order valence-corrected chi connectivity index (χ4v) is 0.167. The van der Waals surface area contributed by atoms with Crippen molar-refractivity contribution in [3.8, 4) is 0 Å². The Kier molecular flexibility index (Phi) is 19.6. The second-order valence-electron chi connectivity index (χ2n) is 1.62. The second-order valence-corrected chi connectivity index (χ2v) is 3.10. The van der Waals surface area contributed by atoms with Gasteiger partial charge in [-0.1, -0.05) is 19.4 Å². The first-order valence-electron chi connectivity index (χ1n) is 2.43. The molecule has 0 aliphatic rings. The van der Waals surface area contributed by atoms with Gasteiger partial charge in [0.2, 0.25) is 0 Å². The van der Waals surface area contributed by atoms with Crippen LogP contribution in [0, 0.1) is 0 Å². The predicted molar refractivity (Wildman–Crippen MR) is 44.2 cm³/mol. The van der Waals surface area contributed by atoms with E-state index < -0.39 is 0 Å². The summed E-state index contributed by atoms with van der Waals surface area (Å²) in [6.07, 6.45) is 3.31. The van der Waals surface area contributed by atoms with Gasteiger partial charge in [-0.05, 0) is 5.54 Å². The van der Waals surface area contributed by atoms with E-state index in [0.29, 0.717) is 0 Å². The molecular weight excluding hydrogens is 116 g/mol. The topological polar surface area (TPSA) is 70.0 Å². The number of rotatable bonds is 2. The maximum absolute atomic E-state index is 3.67. The Morgan fingerprint density at radius 1 is 1.62 bits per heavy atom. The second kappa shape index (κ2) is 9.99. The predicted octanol–water partition coefficient (Wildman–Crippen LogP) is 1.06. The van der Waals surface area contributed by atoms with E-state index in [1.807, 2.05) is 6.08 Å². The monoisotopic (exact) mass is 134 g/mol. The Morgan fingerprint density at radius 2 is 2.00 bits per heavy atom. The van der Waals surface area contributed by atoms with Crippen molar-refractivity contribution < 1.29 is 0 Å². The van der Waals surface area contributed by atoms with Gasteiger partial charge in [0.15, 0.2) is 0 Å². The summed E-state index contributed by atoms with van der Waals surface area (Å²) in [5.74, 6) is 0. The molecule has 1 unspecified atom stereocenters. The van der Waals surface area contributed by atoms with Crippen molar-refractivity contribution in [2.24, 2.45) is 0 Å². The first-order chi connectivity index (χ1) is 2.81. The van der Waals surface area contributed by atoms with E-state index in [-0.39, 0.29) is 12.3 Å². The third-order valence-electron chi connectivity index (χ3n) is 1.05. The molecule has 0 aromatic heterocycles. The van der Waals surface area contributed by atoms with Gasteiger partial charge >= 0.3 is 0 Å². The molecule has 0 rings (SSSR count). The molecule has 0 aliphatic heterocycles. The average Bonchev–Trinajstić information content (AvgIpc) is 1.65. The molecular formula is C5H18N2Si. The lowest BCUT2D eigenvalue weighted by Gasteiger charge is -1.93. The van der Waals surface area contributed by atoms with Crippen LogP contribution in [0.5, 0.6) is 0 Å². The van der Waals surface area contributed by atoms with Crippen molar-refractivity contribution >= 4 is 10.2 Å². The van der Waals surface area contributed by atoms with E-state index in [1.54, 1.807) is 0 Å². The minimum atomic E-state index is 0. The van der Waals surface area contributed by atoms with Crippen LogP contribution < -0.4 is 12.3 Å². The number of hydrogen-bond donors (Lipinski definition) is 2. The molecule has 6 N–H and O–H groups in total. The Labute approximate surface area is 55.0 Å². The van der Waals surface area contributed by atoms with Crippen LogP contribution in [0.3, 0.4) is 0 Å². The smallest absolute Gasteiger partial charge is 0.0115 e. The normalized spacial score (nSPS) is 10.6. The lowest BCUT2D eigenvalue weighted by molar-refractivity contribution is 0.955. The average molecular weight is 134 g/mol. The summed E-state index contributed by atoms with van der Waals surface area (Å²) >= 11 is 0. The zero-order chi connectivity index (χ0) is 4.99. The minimum Gasteiger partial charge on any atom is -0.344 e. The quantitative estimate of drug-likeness (QED) is 0.438. The van der Waals surface area contributed by atoms with Crippen molar-refractivity contribution in [3.05, 3.63) is 12.7 Å². The molecule has 0 aromatic rings. The summed E-state index contributed by atoms with van der Waals surface area (Å²) in [7, 11) is 1.27. The van der Waals surface area contributed by atoms with Crippen molar-refractivity contribution in [1.29, 1.82) is 0 Å². The molecule has 2 nitrogen and oxygen atoms in total. The minimum absolute atomic E-state index is 0. The largest absolute Gasteiger partial charge is 0.344 e. The SMILES string of the molecule is C=CC([SiH3])CC.N.N. The van der Waals surface area contributed by atoms with Gasteiger partial charge in [0.25, 0.3) is 0 Å². The molecule has 0 radical (unpaired) electrons. The molecule has 0 aromatic carbocycles. The molecule has 3 heteroatoms. The van der Waals surface area contributed by atoms with Crippen LogP contribution >= 0.6 is 0 Å². The standard InChI is InChI=1S/C5H12Si.2H3N/c1-3-5(6)4-2;;/h3,5H,1,4H2,2,6H3;2*1H3. The summed E-state index contributed by atoms with van der Waals surface area (Å²) < 4.78 is 0. The molecule has 0 heterocycles. The van der Waals surface area contributed by atoms with E-state index in [9.17, 15) is 0 Å². The highest BCUT2D eigenvalue weighted by molar-refractivity contribution is 6.12. The van der Waals surface area contributed by atoms with E-state index in [0.717, 1.165) is 5.54 Å². The third kappa shape index (κ3) is 9.30. The maximum atomic E-state index is 3.67. The Balaban J connectivity index is -0.000000125. The van der Waals surface area contributed by atoms with Gasteiger partial charge in [-0.25, -0.2) is 0 Å². The highest BCUT2D eigenvalue weighted by Gasteiger charge is 1.84. The number of allylic oxidation sites excluding steroid dienone is 1. The molecule has 8 heavy (non-hydrogen) atoms. The van der Waals surface area contributed by atoms with Crippen molar-refractivity contribution in [2.45, 2.75) is 18.9 Å². The molecule has 0 amide bonds. The van der Waals surface area contributed by atoms with Gasteiger partial charge in [-0.2, -0.15) is 0 Å². The Morgan fingerprint density at radius 3 is 2.00 bits per heavy atom. The summed E-state index contributed by atoms with van der Waals surface area (Å²) in [6.45, 7) is 5.86. The lowest BCUT2D eigenvalue weighted by atomic mass is 10.3. The lowest BCUT2D eigenvalue weighted by Crippen LogP contribution is -1.79. The Hall–Kier alpha value is -0.123. The van der Waals surface area contributed by atoms with Gasteiger partial charge in [0.05, 0.1) is 0 Å². The molecule has 0 saturated carbocycles. The van der Waals surface area contributed by atoms with E-state index in [2.05, 4.69) is 13.5 Å². The first-order valence-corrected chi connectivity index (χ1v) is 3.59. The van der Waals surface area contributed by atoms with Crippen molar-refractivity contribution in [1.82, 2.24) is 12.3 Å². The van der Waals surface area contributed by atoms with Gasteiger partial charge in [-0.15, -0.1) is 6.58 Å². The van der Waals surface area contributed by atoms with Crippen LogP contribution in [-0.2, 0) is 0 Å². The van der Waals surface area contributed by atoms with Crippen LogP contribution in [0.1, 0.15) is 13.3 Å². The molecule has 0 aliphatic carbocycles. The maximum Gasteiger partial charge on any atom is 0.0115 e. The molecule has 1 atom stereocenters. The molecule has 0 fully saturated rings. The molecule has 0 saturated heterocycles. The van der Waals surface area contributed by atoms with Gasteiger partial charge < -0.3 is 12.3 Å². The van der Waals surface area contributed by atoms with Gasteiger partial charge in [-0.3, -0.25) is 0 Å². The molecule has 0 bridgehead atoms. The summed E-state index contributed by atoms with van der Waals surface area (Å²) in [5, 5.41) is 0. The van der Waals surface area contributed by atoms with Crippen LogP contribution in [0.2, 0.25) is 5.54 Å². The fraction of sp³-hybridized carbons (Fsp3) is 0.600.